The molecule has 0 amide bonds. The Morgan fingerprint density at radius 1 is 1.46 bits per heavy atom. The maximum Gasteiger partial charge on any atom is 0.270 e. The van der Waals surface area contributed by atoms with Gasteiger partial charge in [-0.05, 0) is 18.6 Å². The molecule has 68 valence electrons. The molecule has 1 heterocycles. The number of Topliss-reactive ketones (excluding diaryl/α,β-unsaturated/α-hetero) is 1. The highest BCUT2D eigenvalue weighted by atomic mass is 16.6. The van der Waals surface area contributed by atoms with Gasteiger partial charge in [0.05, 0.1) is 5.56 Å². The molecule has 1 aliphatic heterocycles. The van der Waals surface area contributed by atoms with E-state index < -0.39 is 5.79 Å². The van der Waals surface area contributed by atoms with E-state index in [0.717, 1.165) is 5.56 Å². The number of aliphatic hydroxyl groups is 1. The molecule has 1 atom stereocenters. The number of carbonyl (C=O) groups is 1. The number of benzene rings is 1. The fourth-order valence-electron chi connectivity index (χ4n) is 1.51. The van der Waals surface area contributed by atoms with E-state index in [9.17, 15) is 9.90 Å². The summed E-state index contributed by atoms with van der Waals surface area (Å²) < 4.78 is 5.09. The number of hydrogen-bond donors (Lipinski definition) is 1. The Kier molecular flexibility index (Phi) is 1.48. The third-order valence-electron chi connectivity index (χ3n) is 2.19. The van der Waals surface area contributed by atoms with Crippen molar-refractivity contribution in [3.63, 3.8) is 0 Å². The van der Waals surface area contributed by atoms with Gasteiger partial charge in [-0.25, -0.2) is 0 Å². The van der Waals surface area contributed by atoms with Gasteiger partial charge in [0.1, 0.15) is 5.75 Å². The van der Waals surface area contributed by atoms with E-state index in [1.165, 1.54) is 6.92 Å². The van der Waals surface area contributed by atoms with Crippen LogP contribution in [0.4, 0.5) is 0 Å². The topological polar surface area (TPSA) is 46.5 Å². The summed E-state index contributed by atoms with van der Waals surface area (Å²) in [7, 11) is 0. The molecule has 0 saturated heterocycles. The zero-order valence-corrected chi connectivity index (χ0v) is 7.50. The molecule has 0 unspecified atom stereocenters. The van der Waals surface area contributed by atoms with Crippen LogP contribution in [0.5, 0.6) is 5.75 Å². The van der Waals surface area contributed by atoms with E-state index in [0.29, 0.717) is 11.3 Å². The van der Waals surface area contributed by atoms with E-state index in [1.807, 2.05) is 13.0 Å². The average Bonchev–Trinajstić information content (AvgIpc) is 2.24. The quantitative estimate of drug-likeness (QED) is 0.651. The number of aryl methyl sites for hydroxylation is 1. The molecule has 0 spiro atoms. The van der Waals surface area contributed by atoms with Crippen molar-refractivity contribution in [1.82, 2.24) is 0 Å². The van der Waals surface area contributed by atoms with Crippen molar-refractivity contribution in [3.8, 4) is 5.75 Å². The van der Waals surface area contributed by atoms with E-state index in [4.69, 9.17) is 4.74 Å². The van der Waals surface area contributed by atoms with E-state index in [1.54, 1.807) is 12.1 Å². The molecule has 1 N–H and O–H groups in total. The van der Waals surface area contributed by atoms with Gasteiger partial charge in [-0.2, -0.15) is 0 Å². The third-order valence-corrected chi connectivity index (χ3v) is 2.19. The van der Waals surface area contributed by atoms with E-state index in [-0.39, 0.29) is 5.78 Å². The van der Waals surface area contributed by atoms with Crippen LogP contribution < -0.4 is 4.74 Å². The molecule has 0 fully saturated rings. The van der Waals surface area contributed by atoms with Crippen molar-refractivity contribution in [2.75, 3.05) is 0 Å². The summed E-state index contributed by atoms with van der Waals surface area (Å²) in [5.41, 5.74) is 1.33. The SMILES string of the molecule is Cc1cccc2c1C(=O)[C@@](C)(O)O2. The van der Waals surface area contributed by atoms with Crippen molar-refractivity contribution in [2.24, 2.45) is 0 Å². The number of ketones is 1. The van der Waals surface area contributed by atoms with Crippen LogP contribution in [-0.4, -0.2) is 16.7 Å². The Morgan fingerprint density at radius 2 is 2.15 bits per heavy atom. The van der Waals surface area contributed by atoms with Crippen LogP contribution in [0.15, 0.2) is 18.2 Å². The van der Waals surface area contributed by atoms with Gasteiger partial charge in [0.25, 0.3) is 5.79 Å². The summed E-state index contributed by atoms with van der Waals surface area (Å²) in [6, 6.07) is 5.30. The fourth-order valence-corrected chi connectivity index (χ4v) is 1.51. The number of hydrogen-bond acceptors (Lipinski definition) is 3. The lowest BCUT2D eigenvalue weighted by molar-refractivity contribution is -0.0749. The normalized spacial score (nSPS) is 25.6. The minimum absolute atomic E-state index is 0.361. The third kappa shape index (κ3) is 1.04. The Bertz CT molecular complexity index is 380. The van der Waals surface area contributed by atoms with Gasteiger partial charge >= 0.3 is 0 Å². The van der Waals surface area contributed by atoms with Crippen LogP contribution in [-0.2, 0) is 0 Å². The first-order valence-corrected chi connectivity index (χ1v) is 4.08. The van der Waals surface area contributed by atoms with Crippen molar-refractivity contribution >= 4 is 5.78 Å². The first-order valence-electron chi connectivity index (χ1n) is 4.08. The second-order valence-electron chi connectivity index (χ2n) is 3.36. The molecule has 0 aromatic heterocycles. The van der Waals surface area contributed by atoms with Crippen LogP contribution in [0.3, 0.4) is 0 Å². The van der Waals surface area contributed by atoms with Crippen LogP contribution in [0, 0.1) is 6.92 Å². The molecule has 1 aromatic rings. The zero-order chi connectivity index (χ0) is 9.64. The van der Waals surface area contributed by atoms with Crippen LogP contribution >= 0.6 is 0 Å². The van der Waals surface area contributed by atoms with E-state index in [2.05, 4.69) is 0 Å². The average molecular weight is 178 g/mol. The van der Waals surface area contributed by atoms with Crippen molar-refractivity contribution in [1.29, 1.82) is 0 Å². The summed E-state index contributed by atoms with van der Waals surface area (Å²) in [6.07, 6.45) is 0. The maximum absolute atomic E-state index is 11.6. The standard InChI is InChI=1S/C10H10O3/c1-6-4-3-5-7-8(6)9(11)10(2,12)13-7/h3-5,12H,1-2H3/t10-/m0/s1. The first kappa shape index (κ1) is 8.26. The molecular weight excluding hydrogens is 168 g/mol. The molecule has 0 radical (unpaired) electrons. The second-order valence-corrected chi connectivity index (χ2v) is 3.36. The Balaban J connectivity index is 2.64. The molecular formula is C10H10O3. The summed E-state index contributed by atoms with van der Waals surface area (Å²) in [4.78, 5) is 11.6. The molecule has 3 nitrogen and oxygen atoms in total. The van der Waals surface area contributed by atoms with Crippen molar-refractivity contribution < 1.29 is 14.6 Å². The van der Waals surface area contributed by atoms with Gasteiger partial charge in [0.2, 0.25) is 5.78 Å². The first-order chi connectivity index (χ1) is 6.02. The summed E-state index contributed by atoms with van der Waals surface area (Å²) in [5.74, 6) is -1.58. The highest BCUT2D eigenvalue weighted by molar-refractivity contribution is 6.07. The van der Waals surface area contributed by atoms with Gasteiger partial charge in [-0.3, -0.25) is 4.79 Å². The Morgan fingerprint density at radius 3 is 2.77 bits per heavy atom. The lowest BCUT2D eigenvalue weighted by atomic mass is 10.0. The molecule has 13 heavy (non-hydrogen) atoms. The summed E-state index contributed by atoms with van der Waals surface area (Å²) in [6.45, 7) is 3.18. The van der Waals surface area contributed by atoms with Gasteiger partial charge in [0.15, 0.2) is 0 Å². The molecule has 0 saturated carbocycles. The van der Waals surface area contributed by atoms with Crippen molar-refractivity contribution in [3.05, 3.63) is 29.3 Å². The molecule has 0 aliphatic carbocycles. The van der Waals surface area contributed by atoms with Gasteiger partial charge in [-0.1, -0.05) is 12.1 Å². The number of ether oxygens (including phenoxy) is 1. The predicted octanol–water partition coefficient (Wildman–Crippen LogP) is 1.28. The van der Waals surface area contributed by atoms with E-state index >= 15 is 0 Å². The molecule has 2 rings (SSSR count). The number of fused-ring (bicyclic) bond motifs is 1. The predicted molar refractivity (Wildman–Crippen MR) is 46.8 cm³/mol. The van der Waals surface area contributed by atoms with Gasteiger partial charge in [-0.15, -0.1) is 0 Å². The largest absolute Gasteiger partial charge is 0.454 e. The minimum Gasteiger partial charge on any atom is -0.454 e. The van der Waals surface area contributed by atoms with Gasteiger partial charge < -0.3 is 9.84 Å². The minimum atomic E-state index is -1.69. The maximum atomic E-state index is 11.6. The van der Waals surface area contributed by atoms with Crippen molar-refractivity contribution in [2.45, 2.75) is 19.6 Å². The monoisotopic (exact) mass is 178 g/mol. The second kappa shape index (κ2) is 2.33. The highest BCUT2D eigenvalue weighted by Gasteiger charge is 2.42. The summed E-state index contributed by atoms with van der Waals surface area (Å²) in [5, 5.41) is 9.54. The summed E-state index contributed by atoms with van der Waals surface area (Å²) >= 11 is 0. The Hall–Kier alpha value is -1.35. The number of carbonyl (C=O) groups excluding carboxylic acids is 1. The van der Waals surface area contributed by atoms with Gasteiger partial charge in [0, 0.05) is 6.92 Å². The fraction of sp³-hybridized carbons (Fsp3) is 0.300. The lowest BCUT2D eigenvalue weighted by Crippen LogP contribution is -2.35. The smallest absolute Gasteiger partial charge is 0.270 e. The zero-order valence-electron chi connectivity index (χ0n) is 7.50. The molecule has 0 bridgehead atoms. The number of rotatable bonds is 0. The van der Waals surface area contributed by atoms with Crippen LogP contribution in [0.2, 0.25) is 0 Å². The van der Waals surface area contributed by atoms with Crippen LogP contribution in [0.25, 0.3) is 0 Å². The molecule has 3 heteroatoms. The highest BCUT2D eigenvalue weighted by Crippen LogP contribution is 2.35. The molecule has 1 aliphatic rings. The Labute approximate surface area is 76.0 Å². The van der Waals surface area contributed by atoms with Crippen LogP contribution in [0.1, 0.15) is 22.8 Å². The lowest BCUT2D eigenvalue weighted by Gasteiger charge is -2.13. The molecule has 1 aromatic carbocycles.